The van der Waals surface area contributed by atoms with Gasteiger partial charge in [-0.1, -0.05) is 11.6 Å². The Kier molecular flexibility index (Phi) is 3.08. The highest BCUT2D eigenvalue weighted by molar-refractivity contribution is 6.31. The third-order valence-electron chi connectivity index (χ3n) is 1.38. The van der Waals surface area contributed by atoms with E-state index in [2.05, 4.69) is 4.98 Å². The van der Waals surface area contributed by atoms with E-state index >= 15 is 0 Å². The Morgan fingerprint density at radius 1 is 1.77 bits per heavy atom. The third-order valence-corrected chi connectivity index (χ3v) is 1.65. The number of pyridine rings is 1. The molecule has 0 radical (unpaired) electrons. The van der Waals surface area contributed by atoms with E-state index in [1.165, 1.54) is 12.3 Å². The van der Waals surface area contributed by atoms with Gasteiger partial charge in [-0.25, -0.2) is 9.78 Å². The van der Waals surface area contributed by atoms with Crippen LogP contribution < -0.4 is 4.74 Å². The van der Waals surface area contributed by atoms with Gasteiger partial charge in [0.1, 0.15) is 5.56 Å². The fourth-order valence-electron chi connectivity index (χ4n) is 0.873. The molecule has 5 heteroatoms. The van der Waals surface area contributed by atoms with Gasteiger partial charge < -0.3 is 9.84 Å². The minimum Gasteiger partial charge on any atom is -0.490 e. The molecule has 0 aliphatic carbocycles. The van der Waals surface area contributed by atoms with E-state index in [0.29, 0.717) is 6.61 Å². The molecular formula is C8H8ClNO3. The van der Waals surface area contributed by atoms with Crippen molar-refractivity contribution >= 4 is 17.6 Å². The molecule has 0 unspecified atom stereocenters. The van der Waals surface area contributed by atoms with E-state index in [4.69, 9.17) is 21.4 Å². The van der Waals surface area contributed by atoms with E-state index < -0.39 is 5.97 Å². The number of halogens is 1. The molecule has 0 bridgehead atoms. The molecule has 1 heterocycles. The van der Waals surface area contributed by atoms with Crippen molar-refractivity contribution in [2.75, 3.05) is 6.61 Å². The highest BCUT2D eigenvalue weighted by Gasteiger charge is 2.14. The maximum Gasteiger partial charge on any atom is 0.339 e. The number of carboxylic acids is 1. The Morgan fingerprint density at radius 2 is 2.46 bits per heavy atom. The van der Waals surface area contributed by atoms with Crippen molar-refractivity contribution in [3.05, 3.63) is 23.0 Å². The minimum atomic E-state index is -1.08. The van der Waals surface area contributed by atoms with Crippen molar-refractivity contribution in [2.24, 2.45) is 0 Å². The van der Waals surface area contributed by atoms with Crippen molar-refractivity contribution < 1.29 is 14.6 Å². The van der Waals surface area contributed by atoms with Crippen LogP contribution in [0.4, 0.5) is 0 Å². The molecule has 1 rings (SSSR count). The van der Waals surface area contributed by atoms with Crippen LogP contribution in [0, 0.1) is 0 Å². The number of ether oxygens (including phenoxy) is 1. The van der Waals surface area contributed by atoms with Gasteiger partial charge in [0.05, 0.1) is 6.61 Å². The number of aromatic carboxylic acids is 1. The summed E-state index contributed by atoms with van der Waals surface area (Å²) in [6.45, 7) is 2.10. The second-order valence-corrected chi connectivity index (χ2v) is 2.57. The monoisotopic (exact) mass is 201 g/mol. The largest absolute Gasteiger partial charge is 0.490 e. The molecule has 0 amide bonds. The summed E-state index contributed by atoms with van der Waals surface area (Å²) < 4.78 is 5.05. The van der Waals surface area contributed by atoms with Crippen LogP contribution in [0.5, 0.6) is 5.75 Å². The zero-order valence-electron chi connectivity index (χ0n) is 6.95. The summed E-state index contributed by atoms with van der Waals surface area (Å²) in [5.74, 6) is -0.952. The maximum atomic E-state index is 10.7. The molecule has 0 saturated heterocycles. The first-order chi connectivity index (χ1) is 6.16. The molecular weight excluding hydrogens is 194 g/mol. The lowest BCUT2D eigenvalue weighted by Gasteiger charge is -2.07. The molecule has 0 aliphatic heterocycles. The quantitative estimate of drug-likeness (QED) is 0.758. The highest BCUT2D eigenvalue weighted by atomic mass is 35.5. The number of carbonyl (C=O) groups is 1. The molecule has 0 aromatic carbocycles. The molecule has 1 N–H and O–H groups in total. The fraction of sp³-hybridized carbons (Fsp3) is 0.250. The van der Waals surface area contributed by atoms with Gasteiger partial charge in [0, 0.05) is 6.20 Å². The summed E-state index contributed by atoms with van der Waals surface area (Å²) in [5, 5.41) is 8.82. The molecule has 0 aliphatic rings. The summed E-state index contributed by atoms with van der Waals surface area (Å²) in [5.41, 5.74) is 0.0295. The van der Waals surface area contributed by atoms with Gasteiger partial charge in [-0.15, -0.1) is 0 Å². The Hall–Kier alpha value is -1.29. The zero-order chi connectivity index (χ0) is 9.84. The predicted molar refractivity (Wildman–Crippen MR) is 47.4 cm³/mol. The van der Waals surface area contributed by atoms with Crippen molar-refractivity contribution in [2.45, 2.75) is 6.92 Å². The molecule has 0 fully saturated rings. The first-order valence-corrected chi connectivity index (χ1v) is 4.05. The van der Waals surface area contributed by atoms with Gasteiger partial charge in [0.25, 0.3) is 0 Å². The lowest BCUT2D eigenvalue weighted by Crippen LogP contribution is -2.03. The lowest BCUT2D eigenvalue weighted by atomic mass is 10.2. The first-order valence-electron chi connectivity index (χ1n) is 3.67. The summed E-state index contributed by atoms with van der Waals surface area (Å²) in [7, 11) is 0. The smallest absolute Gasteiger partial charge is 0.339 e. The van der Waals surface area contributed by atoms with Crippen LogP contribution in [0.2, 0.25) is 5.15 Å². The van der Waals surface area contributed by atoms with Crippen molar-refractivity contribution in [3.63, 3.8) is 0 Å². The molecule has 4 nitrogen and oxygen atoms in total. The summed E-state index contributed by atoms with van der Waals surface area (Å²) >= 11 is 5.65. The van der Waals surface area contributed by atoms with E-state index in [1.807, 2.05) is 0 Å². The van der Waals surface area contributed by atoms with E-state index in [0.717, 1.165) is 0 Å². The number of rotatable bonds is 3. The van der Waals surface area contributed by atoms with E-state index in [-0.39, 0.29) is 16.5 Å². The second kappa shape index (κ2) is 4.09. The standard InChI is InChI=1S/C8H8ClNO3/c1-2-13-6-5(8(11)12)3-4-10-7(6)9/h3-4H,2H2,1H3,(H,11,12). The average Bonchev–Trinajstić information content (AvgIpc) is 2.08. The Morgan fingerprint density at radius 3 is 3.00 bits per heavy atom. The number of carboxylic acid groups (broad SMARTS) is 1. The Balaban J connectivity index is 3.17. The molecule has 1 aromatic heterocycles. The van der Waals surface area contributed by atoms with Crippen LogP contribution in [-0.4, -0.2) is 22.7 Å². The summed E-state index contributed by atoms with van der Waals surface area (Å²) in [4.78, 5) is 14.4. The number of nitrogens with zero attached hydrogens (tertiary/aromatic N) is 1. The normalized spacial score (nSPS) is 9.69. The van der Waals surface area contributed by atoms with Crippen LogP contribution >= 0.6 is 11.6 Å². The maximum absolute atomic E-state index is 10.7. The number of aromatic nitrogens is 1. The van der Waals surface area contributed by atoms with Gasteiger partial charge in [-0.3, -0.25) is 0 Å². The predicted octanol–water partition coefficient (Wildman–Crippen LogP) is 1.83. The highest BCUT2D eigenvalue weighted by Crippen LogP contribution is 2.26. The average molecular weight is 202 g/mol. The van der Waals surface area contributed by atoms with Gasteiger partial charge in [-0.2, -0.15) is 0 Å². The number of hydrogen-bond acceptors (Lipinski definition) is 3. The molecule has 0 saturated carbocycles. The van der Waals surface area contributed by atoms with Crippen LogP contribution in [0.15, 0.2) is 12.3 Å². The number of hydrogen-bond donors (Lipinski definition) is 1. The van der Waals surface area contributed by atoms with E-state index in [1.54, 1.807) is 6.92 Å². The van der Waals surface area contributed by atoms with Crippen molar-refractivity contribution in [1.82, 2.24) is 4.98 Å². The molecule has 1 aromatic rings. The van der Waals surface area contributed by atoms with Gasteiger partial charge >= 0.3 is 5.97 Å². The van der Waals surface area contributed by atoms with Gasteiger partial charge in [0.2, 0.25) is 0 Å². The molecule has 13 heavy (non-hydrogen) atoms. The second-order valence-electron chi connectivity index (χ2n) is 2.22. The van der Waals surface area contributed by atoms with Crippen LogP contribution in [0.3, 0.4) is 0 Å². The van der Waals surface area contributed by atoms with Gasteiger partial charge in [-0.05, 0) is 13.0 Å². The fourth-order valence-corrected chi connectivity index (χ4v) is 1.09. The lowest BCUT2D eigenvalue weighted by molar-refractivity contribution is 0.0692. The summed E-state index contributed by atoms with van der Waals surface area (Å²) in [6, 6.07) is 1.35. The first kappa shape index (κ1) is 9.80. The van der Waals surface area contributed by atoms with Crippen LogP contribution in [-0.2, 0) is 0 Å². The molecule has 0 spiro atoms. The minimum absolute atomic E-state index is 0.0295. The van der Waals surface area contributed by atoms with E-state index in [9.17, 15) is 4.79 Å². The van der Waals surface area contributed by atoms with Crippen molar-refractivity contribution in [3.8, 4) is 5.75 Å². The van der Waals surface area contributed by atoms with Crippen molar-refractivity contribution in [1.29, 1.82) is 0 Å². The summed E-state index contributed by atoms with van der Waals surface area (Å²) in [6.07, 6.45) is 1.33. The third kappa shape index (κ3) is 2.09. The Labute approximate surface area is 80.1 Å². The zero-order valence-corrected chi connectivity index (χ0v) is 7.71. The topological polar surface area (TPSA) is 59.4 Å². The van der Waals surface area contributed by atoms with Gasteiger partial charge in [0.15, 0.2) is 10.9 Å². The Bertz CT molecular complexity index is 327. The molecule has 70 valence electrons. The molecule has 0 atom stereocenters. The van der Waals surface area contributed by atoms with Crippen LogP contribution in [0.25, 0.3) is 0 Å². The SMILES string of the molecule is CCOc1c(C(=O)O)ccnc1Cl. The van der Waals surface area contributed by atoms with Crippen LogP contribution in [0.1, 0.15) is 17.3 Å².